The van der Waals surface area contributed by atoms with E-state index in [1.807, 2.05) is 6.07 Å². The number of ether oxygens (including phenoxy) is 2. The number of benzene rings is 1. The zero-order valence-corrected chi connectivity index (χ0v) is 14.3. The molecule has 1 saturated heterocycles. The van der Waals surface area contributed by atoms with Crippen LogP contribution >= 0.6 is 0 Å². The third kappa shape index (κ3) is 5.61. The van der Waals surface area contributed by atoms with Crippen LogP contribution in [0.3, 0.4) is 0 Å². The summed E-state index contributed by atoms with van der Waals surface area (Å²) in [5, 5.41) is 0. The third-order valence-corrected chi connectivity index (χ3v) is 4.95. The summed E-state index contributed by atoms with van der Waals surface area (Å²) in [5.74, 6) is 0. The Bertz CT molecular complexity index is 446. The fourth-order valence-electron chi connectivity index (χ4n) is 3.19. The lowest BCUT2D eigenvalue weighted by molar-refractivity contribution is -0.107. The summed E-state index contributed by atoms with van der Waals surface area (Å²) in [6.07, 6.45) is 4.07. The molecule has 0 spiro atoms. The van der Waals surface area contributed by atoms with Crippen molar-refractivity contribution < 1.29 is 9.47 Å². The van der Waals surface area contributed by atoms with Gasteiger partial charge in [0.15, 0.2) is 7.98 Å². The average Bonchev–Trinajstić information content (AvgIpc) is 2.55. The van der Waals surface area contributed by atoms with Gasteiger partial charge < -0.3 is 19.2 Å². The SMILES string of the molecule is BN1CCN(CCCOC2CC(OCc3ccccc3)C2)CC1. The van der Waals surface area contributed by atoms with Gasteiger partial charge in [0.05, 0.1) is 18.8 Å². The van der Waals surface area contributed by atoms with Crippen molar-refractivity contribution >= 4 is 7.98 Å². The highest BCUT2D eigenvalue weighted by Crippen LogP contribution is 2.27. The summed E-state index contributed by atoms with van der Waals surface area (Å²) in [6.45, 7) is 7.59. The van der Waals surface area contributed by atoms with Crippen molar-refractivity contribution in [1.29, 1.82) is 0 Å². The van der Waals surface area contributed by atoms with Gasteiger partial charge in [-0.05, 0) is 37.9 Å². The summed E-state index contributed by atoms with van der Waals surface area (Å²) in [4.78, 5) is 4.95. The number of hydrogen-bond donors (Lipinski definition) is 0. The van der Waals surface area contributed by atoms with Gasteiger partial charge in [0.25, 0.3) is 0 Å². The van der Waals surface area contributed by atoms with Gasteiger partial charge in [-0.3, -0.25) is 0 Å². The molecule has 0 N–H and O–H groups in total. The Morgan fingerprint density at radius 2 is 1.65 bits per heavy atom. The minimum absolute atomic E-state index is 0.387. The lowest BCUT2D eigenvalue weighted by Gasteiger charge is -2.35. The van der Waals surface area contributed by atoms with Crippen molar-refractivity contribution in [2.75, 3.05) is 39.3 Å². The minimum Gasteiger partial charge on any atom is -0.378 e. The van der Waals surface area contributed by atoms with Crippen molar-refractivity contribution in [1.82, 2.24) is 9.71 Å². The topological polar surface area (TPSA) is 24.9 Å². The number of rotatable bonds is 8. The van der Waals surface area contributed by atoms with E-state index in [0.29, 0.717) is 12.2 Å². The molecule has 1 aromatic carbocycles. The fraction of sp³-hybridized carbons (Fsp3) is 0.667. The standard InChI is InChI=1S/C18H29BN2O2/c19-21-10-8-20(9-11-21)7-4-12-22-17-13-18(14-17)23-15-16-5-2-1-3-6-16/h1-3,5-6,17-18H,4,7-15,19H2. The molecular weight excluding hydrogens is 287 g/mol. The van der Waals surface area contributed by atoms with Crippen LogP contribution in [0.15, 0.2) is 30.3 Å². The van der Waals surface area contributed by atoms with Gasteiger partial charge in [-0.25, -0.2) is 0 Å². The molecule has 1 heterocycles. The minimum atomic E-state index is 0.387. The molecule has 2 aliphatic rings. The highest BCUT2D eigenvalue weighted by atomic mass is 16.5. The molecule has 23 heavy (non-hydrogen) atoms. The Kier molecular flexibility index (Phi) is 6.51. The fourth-order valence-corrected chi connectivity index (χ4v) is 3.19. The van der Waals surface area contributed by atoms with Crippen LogP contribution in [0, 0.1) is 0 Å². The van der Waals surface area contributed by atoms with Crippen LogP contribution < -0.4 is 0 Å². The van der Waals surface area contributed by atoms with Gasteiger partial charge in [0.1, 0.15) is 0 Å². The molecule has 1 saturated carbocycles. The lowest BCUT2D eigenvalue weighted by Crippen LogP contribution is -2.45. The number of nitrogens with zero attached hydrogens (tertiary/aromatic N) is 2. The maximum Gasteiger partial charge on any atom is 0.185 e. The first-order valence-corrected chi connectivity index (χ1v) is 8.97. The van der Waals surface area contributed by atoms with Gasteiger partial charge in [-0.2, -0.15) is 0 Å². The second kappa shape index (κ2) is 8.83. The van der Waals surface area contributed by atoms with Gasteiger partial charge in [0, 0.05) is 26.2 Å². The molecule has 1 aliphatic heterocycles. The zero-order valence-electron chi connectivity index (χ0n) is 14.3. The Hall–Kier alpha value is -0.875. The van der Waals surface area contributed by atoms with E-state index in [1.54, 1.807) is 0 Å². The van der Waals surface area contributed by atoms with Gasteiger partial charge in [-0.15, -0.1) is 0 Å². The van der Waals surface area contributed by atoms with Gasteiger partial charge in [-0.1, -0.05) is 30.3 Å². The van der Waals surface area contributed by atoms with E-state index in [2.05, 4.69) is 42.0 Å². The quantitative estimate of drug-likeness (QED) is 0.533. The number of hydrogen-bond acceptors (Lipinski definition) is 4. The summed E-state index contributed by atoms with van der Waals surface area (Å²) < 4.78 is 11.9. The molecule has 4 nitrogen and oxygen atoms in total. The molecule has 0 radical (unpaired) electrons. The van der Waals surface area contributed by atoms with Crippen LogP contribution in [0.1, 0.15) is 24.8 Å². The molecule has 2 fully saturated rings. The molecule has 0 bridgehead atoms. The highest BCUT2D eigenvalue weighted by Gasteiger charge is 2.30. The van der Waals surface area contributed by atoms with Crippen molar-refractivity contribution in [3.8, 4) is 0 Å². The van der Waals surface area contributed by atoms with Crippen molar-refractivity contribution in [3.63, 3.8) is 0 Å². The lowest BCUT2D eigenvalue weighted by atomic mass is 9.92. The van der Waals surface area contributed by atoms with E-state index in [-0.39, 0.29) is 0 Å². The maximum atomic E-state index is 5.96. The Labute approximate surface area is 141 Å². The first-order chi connectivity index (χ1) is 11.3. The highest BCUT2D eigenvalue weighted by molar-refractivity contribution is 6.04. The van der Waals surface area contributed by atoms with E-state index in [4.69, 9.17) is 9.47 Å². The molecule has 5 heteroatoms. The Balaban J connectivity index is 1.19. The molecule has 0 amide bonds. The van der Waals surface area contributed by atoms with Crippen LogP contribution in [0.5, 0.6) is 0 Å². The molecule has 0 aromatic heterocycles. The maximum absolute atomic E-state index is 5.96. The van der Waals surface area contributed by atoms with Gasteiger partial charge >= 0.3 is 0 Å². The first kappa shape index (κ1) is 17.0. The van der Waals surface area contributed by atoms with E-state index >= 15 is 0 Å². The summed E-state index contributed by atoms with van der Waals surface area (Å²) >= 11 is 0. The third-order valence-electron chi connectivity index (χ3n) is 4.95. The molecule has 126 valence electrons. The number of piperazine rings is 1. The molecular formula is C18H29BN2O2. The predicted molar refractivity (Wildman–Crippen MR) is 95.2 cm³/mol. The first-order valence-electron chi connectivity index (χ1n) is 8.97. The summed E-state index contributed by atoms with van der Waals surface area (Å²) in [7, 11) is 2.20. The van der Waals surface area contributed by atoms with Crippen LogP contribution in [0.2, 0.25) is 0 Å². The van der Waals surface area contributed by atoms with E-state index in [0.717, 1.165) is 32.5 Å². The van der Waals surface area contributed by atoms with Crippen molar-refractivity contribution in [2.45, 2.75) is 38.1 Å². The normalized spacial score (nSPS) is 26.1. The van der Waals surface area contributed by atoms with Crippen molar-refractivity contribution in [2.24, 2.45) is 0 Å². The summed E-state index contributed by atoms with van der Waals surface area (Å²) in [6, 6.07) is 10.4. The van der Waals surface area contributed by atoms with E-state index in [9.17, 15) is 0 Å². The Morgan fingerprint density at radius 3 is 2.39 bits per heavy atom. The van der Waals surface area contributed by atoms with E-state index < -0.39 is 0 Å². The largest absolute Gasteiger partial charge is 0.378 e. The van der Waals surface area contributed by atoms with Crippen molar-refractivity contribution in [3.05, 3.63) is 35.9 Å². The average molecular weight is 316 g/mol. The predicted octanol–water partition coefficient (Wildman–Crippen LogP) is 1.31. The monoisotopic (exact) mass is 316 g/mol. The second-order valence-electron chi connectivity index (χ2n) is 6.88. The van der Waals surface area contributed by atoms with Crippen LogP contribution in [0.25, 0.3) is 0 Å². The van der Waals surface area contributed by atoms with E-state index in [1.165, 1.54) is 38.3 Å². The van der Waals surface area contributed by atoms with Crippen LogP contribution in [0.4, 0.5) is 0 Å². The van der Waals surface area contributed by atoms with Crippen LogP contribution in [-0.2, 0) is 16.1 Å². The molecule has 1 aliphatic carbocycles. The molecule has 0 unspecified atom stereocenters. The molecule has 3 rings (SSSR count). The molecule has 1 aromatic rings. The van der Waals surface area contributed by atoms with Crippen LogP contribution in [-0.4, -0.2) is 69.2 Å². The summed E-state index contributed by atoms with van der Waals surface area (Å²) in [5.41, 5.74) is 1.25. The Morgan fingerprint density at radius 1 is 0.957 bits per heavy atom. The smallest absolute Gasteiger partial charge is 0.185 e. The zero-order chi connectivity index (χ0) is 15.9. The second-order valence-corrected chi connectivity index (χ2v) is 6.88. The molecule has 0 atom stereocenters. The van der Waals surface area contributed by atoms with Gasteiger partial charge in [0.2, 0.25) is 0 Å².